The van der Waals surface area contributed by atoms with Gasteiger partial charge in [-0.2, -0.15) is 0 Å². The molecule has 1 unspecified atom stereocenters. The molecule has 0 aliphatic carbocycles. The second-order valence-corrected chi connectivity index (χ2v) is 9.39. The van der Waals surface area contributed by atoms with Gasteiger partial charge in [0.2, 0.25) is 0 Å². The number of fused-ring (bicyclic) bond motifs is 1. The number of thiophene rings is 1. The first-order valence-corrected chi connectivity index (χ1v) is 11.1. The monoisotopic (exact) mass is 419 g/mol. The van der Waals surface area contributed by atoms with Crippen molar-refractivity contribution in [2.24, 2.45) is 5.92 Å². The van der Waals surface area contributed by atoms with E-state index in [1.54, 1.807) is 0 Å². The van der Waals surface area contributed by atoms with Crippen molar-refractivity contribution < 1.29 is 9.53 Å². The summed E-state index contributed by atoms with van der Waals surface area (Å²) in [4.78, 5) is 34.3. The fourth-order valence-corrected chi connectivity index (χ4v) is 4.69. The van der Waals surface area contributed by atoms with Gasteiger partial charge >= 0.3 is 5.97 Å². The lowest BCUT2D eigenvalue weighted by molar-refractivity contribution is -0.142. The number of H-pyrrole nitrogens is 1. The van der Waals surface area contributed by atoms with E-state index in [0.29, 0.717) is 33.7 Å². The number of aromatic amines is 1. The summed E-state index contributed by atoms with van der Waals surface area (Å²) in [5.41, 5.74) is 1.34. The molecule has 150 valence electrons. The van der Waals surface area contributed by atoms with E-state index in [2.05, 4.69) is 29.1 Å². The van der Waals surface area contributed by atoms with Gasteiger partial charge in [-0.3, -0.25) is 4.79 Å². The molecular formula is C20H25N3O3S2. The average Bonchev–Trinajstić information content (AvgIpc) is 3.12. The number of hydrogen-bond donors (Lipinski definition) is 2. The Bertz CT molecular complexity index is 946. The normalized spacial score (nSPS) is 16.3. The summed E-state index contributed by atoms with van der Waals surface area (Å²) in [5.74, 6) is 0.936. The van der Waals surface area contributed by atoms with Crippen molar-refractivity contribution >= 4 is 34.9 Å². The topological polar surface area (TPSA) is 84.1 Å². The molecule has 0 amide bonds. The summed E-state index contributed by atoms with van der Waals surface area (Å²) in [6.45, 7) is 9.68. The van der Waals surface area contributed by atoms with Crippen molar-refractivity contribution in [3.63, 3.8) is 0 Å². The van der Waals surface area contributed by atoms with Crippen LogP contribution in [-0.4, -0.2) is 27.8 Å². The maximum Gasteiger partial charge on any atom is 0.337 e. The number of nitrogens with one attached hydrogen (secondary N) is 2. The molecule has 1 aliphatic heterocycles. The Morgan fingerprint density at radius 1 is 1.36 bits per heavy atom. The maximum absolute atomic E-state index is 13.0. The molecular weight excluding hydrogens is 394 g/mol. The van der Waals surface area contributed by atoms with Crippen molar-refractivity contribution in [1.82, 2.24) is 9.97 Å². The summed E-state index contributed by atoms with van der Waals surface area (Å²) in [7, 11) is 0. The van der Waals surface area contributed by atoms with Crippen molar-refractivity contribution in [2.75, 3.05) is 11.1 Å². The van der Waals surface area contributed by atoms with Crippen LogP contribution >= 0.6 is 23.1 Å². The number of carbonyl (C=O) groups is 1. The molecule has 2 aromatic heterocycles. The quantitative estimate of drug-likeness (QED) is 0.411. The molecule has 0 spiro atoms. The maximum atomic E-state index is 13.0. The third kappa shape index (κ3) is 4.33. The second-order valence-electron chi connectivity index (χ2n) is 7.40. The van der Waals surface area contributed by atoms with Crippen molar-refractivity contribution in [3.05, 3.63) is 49.6 Å². The average molecular weight is 420 g/mol. The van der Waals surface area contributed by atoms with Gasteiger partial charge in [0, 0.05) is 16.3 Å². The first-order valence-electron chi connectivity index (χ1n) is 9.27. The van der Waals surface area contributed by atoms with E-state index in [0.717, 1.165) is 10.6 Å². The van der Waals surface area contributed by atoms with Gasteiger partial charge in [0.05, 0.1) is 23.2 Å². The van der Waals surface area contributed by atoms with Crippen LogP contribution in [0, 0.1) is 5.92 Å². The summed E-state index contributed by atoms with van der Waals surface area (Å²) in [5, 5.41) is 5.68. The standard InChI is InChI=1S/C20H25N3O3S2/c1-10(2)9-28-20-22-17-16(18(24)23-20)15(13-7-6-8-27-13)14(12(5)21-17)19(25)26-11(3)4/h6-8,10-11,15H,9H2,1-5H3,(H2,21,22,23,24). The Kier molecular flexibility index (Phi) is 6.30. The number of carbonyl (C=O) groups excluding carboxylic acids is 1. The molecule has 3 heterocycles. The molecule has 28 heavy (non-hydrogen) atoms. The Labute approximate surface area is 172 Å². The molecule has 3 rings (SSSR count). The third-order valence-corrected chi connectivity index (χ3v) is 6.40. The highest BCUT2D eigenvalue weighted by atomic mass is 32.2. The van der Waals surface area contributed by atoms with E-state index in [1.807, 2.05) is 38.3 Å². The molecule has 2 N–H and O–H groups in total. The van der Waals surface area contributed by atoms with Crippen LogP contribution in [0.4, 0.5) is 5.82 Å². The molecule has 0 saturated carbocycles. The molecule has 0 radical (unpaired) electrons. The lowest BCUT2D eigenvalue weighted by Gasteiger charge is -2.28. The molecule has 1 aliphatic rings. The lowest BCUT2D eigenvalue weighted by Crippen LogP contribution is -2.31. The first-order chi connectivity index (χ1) is 13.3. The van der Waals surface area contributed by atoms with Crippen LogP contribution in [0.1, 0.15) is 51.0 Å². The van der Waals surface area contributed by atoms with Gasteiger partial charge in [-0.15, -0.1) is 11.3 Å². The Balaban J connectivity index is 2.10. The molecule has 0 bridgehead atoms. The molecule has 0 fully saturated rings. The smallest absolute Gasteiger partial charge is 0.337 e. The number of thioether (sulfide) groups is 1. The van der Waals surface area contributed by atoms with Gasteiger partial charge in [0.25, 0.3) is 5.56 Å². The number of nitrogens with zero attached hydrogens (tertiary/aromatic N) is 1. The van der Waals surface area contributed by atoms with Crippen LogP contribution in [0.3, 0.4) is 0 Å². The minimum Gasteiger partial charge on any atom is -0.460 e. The molecule has 1 atom stereocenters. The minimum atomic E-state index is -0.497. The van der Waals surface area contributed by atoms with E-state index in [-0.39, 0.29) is 11.7 Å². The number of esters is 1. The molecule has 2 aromatic rings. The van der Waals surface area contributed by atoms with Crippen LogP contribution in [0.2, 0.25) is 0 Å². The SMILES string of the molecule is CC1=C(C(=O)OC(C)C)C(c2cccs2)c2c(nc(SCC(C)C)[nH]c2=O)N1. The number of rotatable bonds is 6. The predicted molar refractivity (Wildman–Crippen MR) is 114 cm³/mol. The predicted octanol–water partition coefficient (Wildman–Crippen LogP) is 4.36. The van der Waals surface area contributed by atoms with Gasteiger partial charge in [0.1, 0.15) is 5.82 Å². The Morgan fingerprint density at radius 3 is 2.71 bits per heavy atom. The van der Waals surface area contributed by atoms with E-state index in [4.69, 9.17) is 4.74 Å². The van der Waals surface area contributed by atoms with Crippen LogP contribution in [-0.2, 0) is 9.53 Å². The Hall–Kier alpha value is -2.06. The highest BCUT2D eigenvalue weighted by molar-refractivity contribution is 7.99. The number of hydrogen-bond acceptors (Lipinski definition) is 7. The van der Waals surface area contributed by atoms with Crippen molar-refractivity contribution in [1.29, 1.82) is 0 Å². The van der Waals surface area contributed by atoms with Gasteiger partial charge in [0.15, 0.2) is 5.16 Å². The molecule has 0 saturated heterocycles. The zero-order valence-corrected chi connectivity index (χ0v) is 18.3. The summed E-state index contributed by atoms with van der Waals surface area (Å²) < 4.78 is 5.46. The number of ether oxygens (including phenoxy) is 1. The fraction of sp³-hybridized carbons (Fsp3) is 0.450. The van der Waals surface area contributed by atoms with Crippen molar-refractivity contribution in [2.45, 2.75) is 51.8 Å². The van der Waals surface area contributed by atoms with Crippen LogP contribution in [0.25, 0.3) is 0 Å². The third-order valence-electron chi connectivity index (χ3n) is 4.16. The molecule has 0 aromatic carbocycles. The first kappa shape index (κ1) is 20.7. The highest BCUT2D eigenvalue weighted by Gasteiger charge is 2.37. The van der Waals surface area contributed by atoms with Crippen LogP contribution in [0.5, 0.6) is 0 Å². The molecule has 6 nitrogen and oxygen atoms in total. The largest absolute Gasteiger partial charge is 0.460 e. The number of allylic oxidation sites excluding steroid dienone is 1. The van der Waals surface area contributed by atoms with E-state index >= 15 is 0 Å². The van der Waals surface area contributed by atoms with Gasteiger partial charge < -0.3 is 15.0 Å². The van der Waals surface area contributed by atoms with Gasteiger partial charge in [-0.1, -0.05) is 31.7 Å². The van der Waals surface area contributed by atoms with Crippen LogP contribution < -0.4 is 10.9 Å². The minimum absolute atomic E-state index is 0.232. The number of anilines is 1. The summed E-state index contributed by atoms with van der Waals surface area (Å²) in [6, 6.07) is 3.85. The van der Waals surface area contributed by atoms with E-state index in [9.17, 15) is 9.59 Å². The zero-order chi connectivity index (χ0) is 20.4. The lowest BCUT2D eigenvalue weighted by atomic mass is 9.86. The van der Waals surface area contributed by atoms with Gasteiger partial charge in [-0.05, 0) is 38.1 Å². The number of aromatic nitrogens is 2. The fourth-order valence-electron chi connectivity index (χ4n) is 3.03. The van der Waals surface area contributed by atoms with Crippen LogP contribution in [0.15, 0.2) is 38.7 Å². The van der Waals surface area contributed by atoms with E-state index in [1.165, 1.54) is 23.1 Å². The van der Waals surface area contributed by atoms with Crippen molar-refractivity contribution in [3.8, 4) is 0 Å². The zero-order valence-electron chi connectivity index (χ0n) is 16.7. The van der Waals surface area contributed by atoms with E-state index < -0.39 is 11.9 Å². The summed E-state index contributed by atoms with van der Waals surface area (Å²) in [6.07, 6.45) is -0.246. The second kappa shape index (κ2) is 8.53. The molecule has 8 heteroatoms. The van der Waals surface area contributed by atoms with Gasteiger partial charge in [-0.25, -0.2) is 9.78 Å². The Morgan fingerprint density at radius 2 is 2.11 bits per heavy atom. The highest BCUT2D eigenvalue weighted by Crippen LogP contribution is 2.41. The summed E-state index contributed by atoms with van der Waals surface area (Å²) >= 11 is 3.03.